The van der Waals surface area contributed by atoms with Gasteiger partial charge >= 0.3 is 0 Å². The molecule has 4 heteroatoms. The zero-order valence-corrected chi connectivity index (χ0v) is 10.1. The van der Waals surface area contributed by atoms with Crippen molar-refractivity contribution in [3.05, 3.63) is 53.8 Å². The Bertz CT molecular complexity index is 574. The molecule has 1 aliphatic carbocycles. The van der Waals surface area contributed by atoms with E-state index in [-0.39, 0.29) is 5.54 Å². The van der Waals surface area contributed by atoms with Crippen molar-refractivity contribution >= 4 is 0 Å². The molecule has 90 valence electrons. The molecule has 0 amide bonds. The second-order valence-electron chi connectivity index (χ2n) is 4.70. The molecule has 2 aromatic heterocycles. The van der Waals surface area contributed by atoms with Crippen molar-refractivity contribution in [3.63, 3.8) is 0 Å². The molecule has 0 spiro atoms. The predicted molar refractivity (Wildman–Crippen MR) is 68.1 cm³/mol. The SMILES string of the molecule is [C-]#[N+]C1(c2ccnc(-n3cccn3)c2)CCCC1. The van der Waals surface area contributed by atoms with E-state index in [1.807, 2.05) is 24.4 Å². The number of nitrogens with zero attached hydrogens (tertiary/aromatic N) is 4. The fourth-order valence-corrected chi connectivity index (χ4v) is 2.66. The van der Waals surface area contributed by atoms with Crippen molar-refractivity contribution < 1.29 is 0 Å². The van der Waals surface area contributed by atoms with Gasteiger partial charge in [-0.3, -0.25) is 0 Å². The summed E-state index contributed by atoms with van der Waals surface area (Å²) in [5.74, 6) is 0.785. The van der Waals surface area contributed by atoms with Crippen molar-refractivity contribution in [2.45, 2.75) is 31.2 Å². The van der Waals surface area contributed by atoms with Gasteiger partial charge in [0.2, 0.25) is 0 Å². The molecule has 3 rings (SSSR count). The van der Waals surface area contributed by atoms with Crippen LogP contribution in [-0.2, 0) is 5.54 Å². The zero-order valence-electron chi connectivity index (χ0n) is 10.1. The molecule has 0 saturated heterocycles. The highest BCUT2D eigenvalue weighted by Gasteiger charge is 2.42. The van der Waals surface area contributed by atoms with Gasteiger partial charge in [0.1, 0.15) is 0 Å². The largest absolute Gasteiger partial charge is 0.305 e. The Balaban J connectivity index is 2.04. The van der Waals surface area contributed by atoms with Gasteiger partial charge in [0.15, 0.2) is 5.82 Å². The minimum absolute atomic E-state index is 0.329. The molecule has 0 radical (unpaired) electrons. The lowest BCUT2D eigenvalue weighted by Crippen LogP contribution is -2.17. The molecule has 0 N–H and O–H groups in total. The van der Waals surface area contributed by atoms with Gasteiger partial charge in [0.25, 0.3) is 5.54 Å². The van der Waals surface area contributed by atoms with Crippen LogP contribution in [0.4, 0.5) is 0 Å². The Hall–Kier alpha value is -2.15. The standard InChI is InChI=1S/C14H14N4/c1-15-14(6-2-3-7-14)12-5-9-16-13(11-12)18-10-4-8-17-18/h4-5,8-11H,2-3,6-7H2. The molecule has 2 aromatic rings. The highest BCUT2D eigenvalue weighted by atomic mass is 15.3. The maximum Gasteiger partial charge on any atom is 0.257 e. The van der Waals surface area contributed by atoms with Crippen molar-refractivity contribution in [1.82, 2.24) is 14.8 Å². The summed E-state index contributed by atoms with van der Waals surface area (Å²) >= 11 is 0. The van der Waals surface area contributed by atoms with E-state index >= 15 is 0 Å². The van der Waals surface area contributed by atoms with Crippen LogP contribution in [0, 0.1) is 6.57 Å². The first-order valence-corrected chi connectivity index (χ1v) is 6.19. The number of pyridine rings is 1. The molecular weight excluding hydrogens is 224 g/mol. The van der Waals surface area contributed by atoms with E-state index < -0.39 is 0 Å². The molecule has 4 nitrogen and oxygen atoms in total. The third kappa shape index (κ3) is 1.68. The lowest BCUT2D eigenvalue weighted by atomic mass is 9.90. The average Bonchev–Trinajstić information content (AvgIpc) is 3.11. The van der Waals surface area contributed by atoms with Crippen LogP contribution in [0.15, 0.2) is 36.8 Å². The van der Waals surface area contributed by atoms with E-state index in [1.165, 1.54) is 0 Å². The molecule has 18 heavy (non-hydrogen) atoms. The third-order valence-electron chi connectivity index (χ3n) is 3.67. The first-order chi connectivity index (χ1) is 8.84. The van der Waals surface area contributed by atoms with Crippen LogP contribution >= 0.6 is 0 Å². The summed E-state index contributed by atoms with van der Waals surface area (Å²) in [5.41, 5.74) is 0.751. The fourth-order valence-electron chi connectivity index (χ4n) is 2.66. The lowest BCUT2D eigenvalue weighted by Gasteiger charge is -2.16. The minimum atomic E-state index is -0.329. The summed E-state index contributed by atoms with van der Waals surface area (Å²) in [4.78, 5) is 8.22. The number of hydrogen-bond acceptors (Lipinski definition) is 2. The average molecular weight is 238 g/mol. The second kappa shape index (κ2) is 4.26. The predicted octanol–water partition coefficient (Wildman–Crippen LogP) is 2.96. The second-order valence-corrected chi connectivity index (χ2v) is 4.70. The van der Waals surface area contributed by atoms with Gasteiger partial charge in [-0.15, -0.1) is 0 Å². The number of hydrogen-bond donors (Lipinski definition) is 0. The molecule has 0 aliphatic heterocycles. The minimum Gasteiger partial charge on any atom is -0.305 e. The van der Waals surface area contributed by atoms with Crippen molar-refractivity contribution in [2.75, 3.05) is 0 Å². The van der Waals surface area contributed by atoms with Crippen molar-refractivity contribution in [3.8, 4) is 5.82 Å². The summed E-state index contributed by atoms with van der Waals surface area (Å²) in [5, 5.41) is 4.18. The van der Waals surface area contributed by atoms with Crippen LogP contribution in [0.1, 0.15) is 31.2 Å². The van der Waals surface area contributed by atoms with E-state index in [1.54, 1.807) is 17.1 Å². The highest BCUT2D eigenvalue weighted by Crippen LogP contribution is 2.42. The Morgan fingerprint density at radius 3 is 2.78 bits per heavy atom. The van der Waals surface area contributed by atoms with Crippen molar-refractivity contribution in [2.24, 2.45) is 0 Å². The summed E-state index contributed by atoms with van der Waals surface area (Å²) in [6.45, 7) is 7.51. The quantitative estimate of drug-likeness (QED) is 0.754. The van der Waals surface area contributed by atoms with Gasteiger partial charge < -0.3 is 4.85 Å². The molecule has 1 saturated carbocycles. The topological polar surface area (TPSA) is 35.1 Å². The van der Waals surface area contributed by atoms with Gasteiger partial charge in [0.05, 0.1) is 0 Å². The summed E-state index contributed by atoms with van der Waals surface area (Å²) in [6, 6.07) is 5.83. The summed E-state index contributed by atoms with van der Waals surface area (Å²) < 4.78 is 1.73. The first kappa shape index (κ1) is 11.0. The Labute approximate surface area is 106 Å². The maximum atomic E-state index is 7.51. The van der Waals surface area contributed by atoms with Crippen molar-refractivity contribution in [1.29, 1.82) is 0 Å². The Morgan fingerprint density at radius 1 is 1.28 bits per heavy atom. The number of aromatic nitrogens is 3. The van der Waals surface area contributed by atoms with Crippen LogP contribution in [0.5, 0.6) is 0 Å². The Morgan fingerprint density at radius 2 is 2.11 bits per heavy atom. The molecule has 2 heterocycles. The van der Waals surface area contributed by atoms with Gasteiger partial charge in [0, 0.05) is 37.0 Å². The molecular formula is C14H14N4. The molecule has 0 bridgehead atoms. The smallest absolute Gasteiger partial charge is 0.257 e. The third-order valence-corrected chi connectivity index (χ3v) is 3.67. The zero-order chi connectivity index (χ0) is 12.4. The van der Waals surface area contributed by atoms with Gasteiger partial charge in [-0.05, 0) is 31.0 Å². The highest BCUT2D eigenvalue weighted by molar-refractivity contribution is 5.35. The molecule has 0 unspecified atom stereocenters. The van der Waals surface area contributed by atoms with Crippen LogP contribution in [0.2, 0.25) is 0 Å². The normalized spacial score (nSPS) is 17.5. The summed E-state index contributed by atoms with van der Waals surface area (Å²) in [6.07, 6.45) is 9.57. The van der Waals surface area contributed by atoms with E-state index in [9.17, 15) is 0 Å². The molecule has 1 fully saturated rings. The van der Waals surface area contributed by atoms with Gasteiger partial charge in [-0.1, -0.05) is 0 Å². The molecule has 1 aliphatic rings. The molecule has 0 aromatic carbocycles. The van der Waals surface area contributed by atoms with Crippen LogP contribution in [0.25, 0.3) is 10.7 Å². The molecule has 0 atom stereocenters. The number of rotatable bonds is 2. The van der Waals surface area contributed by atoms with E-state index in [2.05, 4.69) is 14.9 Å². The van der Waals surface area contributed by atoms with E-state index in [4.69, 9.17) is 6.57 Å². The fraction of sp³-hybridized carbons (Fsp3) is 0.357. The van der Waals surface area contributed by atoms with Gasteiger partial charge in [-0.2, -0.15) is 5.10 Å². The van der Waals surface area contributed by atoms with E-state index in [0.29, 0.717) is 0 Å². The van der Waals surface area contributed by atoms with Crippen LogP contribution in [-0.4, -0.2) is 14.8 Å². The first-order valence-electron chi connectivity index (χ1n) is 6.19. The van der Waals surface area contributed by atoms with E-state index in [0.717, 1.165) is 37.1 Å². The van der Waals surface area contributed by atoms with Crippen LogP contribution in [0.3, 0.4) is 0 Å². The summed E-state index contributed by atoms with van der Waals surface area (Å²) in [7, 11) is 0. The lowest BCUT2D eigenvalue weighted by molar-refractivity contribution is 0.551. The van der Waals surface area contributed by atoms with Gasteiger partial charge in [-0.25, -0.2) is 16.2 Å². The monoisotopic (exact) mass is 238 g/mol. The maximum absolute atomic E-state index is 7.51. The Kier molecular flexibility index (Phi) is 2.60. The van der Waals surface area contributed by atoms with Crippen LogP contribution < -0.4 is 0 Å².